The summed E-state index contributed by atoms with van der Waals surface area (Å²) < 4.78 is 11.5. The molecule has 5 amide bonds. The maximum Gasteiger partial charge on any atom is 0.329 e. The number of nitrogens with one attached hydrogen (secondary N) is 2. The standard InChI is InChI=1S/C25H25BrN4O6/c1-16-3-2-4-18(11-16)27-22(31)14-30-24(33)20(28-25(30)34)13-17-5-6-21(19(26)12-17)36-15-23(32)29-7-9-35-10-8-29/h2-6,11-13H,7-10,14-15H2,1H3,(H,27,31)(H,28,34)/b20-13-. The van der Waals surface area contributed by atoms with Gasteiger partial charge in [-0.2, -0.15) is 0 Å². The predicted octanol–water partition coefficient (Wildman–Crippen LogP) is 2.53. The summed E-state index contributed by atoms with van der Waals surface area (Å²) in [7, 11) is 0. The first-order chi connectivity index (χ1) is 17.3. The fourth-order valence-electron chi connectivity index (χ4n) is 3.72. The van der Waals surface area contributed by atoms with E-state index in [1.165, 1.54) is 6.08 Å². The summed E-state index contributed by atoms with van der Waals surface area (Å²) >= 11 is 3.42. The largest absolute Gasteiger partial charge is 0.483 e. The highest BCUT2D eigenvalue weighted by Gasteiger charge is 2.35. The molecule has 188 valence electrons. The third kappa shape index (κ3) is 6.29. The summed E-state index contributed by atoms with van der Waals surface area (Å²) in [5.41, 5.74) is 2.22. The number of urea groups is 1. The molecule has 2 aromatic carbocycles. The SMILES string of the molecule is Cc1cccc(NC(=O)CN2C(=O)N/C(=C\c3ccc(OCC(=O)N4CCOCC4)c(Br)c3)C2=O)c1. The number of aryl methyl sites for hydroxylation is 1. The third-order valence-electron chi connectivity index (χ3n) is 5.55. The molecule has 0 radical (unpaired) electrons. The Hall–Kier alpha value is -3.70. The predicted molar refractivity (Wildman–Crippen MR) is 135 cm³/mol. The number of hydrogen-bond donors (Lipinski definition) is 2. The summed E-state index contributed by atoms with van der Waals surface area (Å²) in [4.78, 5) is 52.3. The van der Waals surface area contributed by atoms with Crippen molar-refractivity contribution in [1.82, 2.24) is 15.1 Å². The molecule has 0 atom stereocenters. The first-order valence-electron chi connectivity index (χ1n) is 11.3. The highest BCUT2D eigenvalue weighted by Crippen LogP contribution is 2.27. The normalized spacial score (nSPS) is 16.8. The van der Waals surface area contributed by atoms with Crippen LogP contribution in [0.5, 0.6) is 5.75 Å². The van der Waals surface area contributed by atoms with Gasteiger partial charge in [0.25, 0.3) is 11.8 Å². The highest BCUT2D eigenvalue weighted by atomic mass is 79.9. The molecule has 2 aliphatic heterocycles. The Labute approximate surface area is 216 Å². The van der Waals surface area contributed by atoms with Crippen molar-refractivity contribution in [3.63, 3.8) is 0 Å². The third-order valence-corrected chi connectivity index (χ3v) is 6.17. The van der Waals surface area contributed by atoms with Crippen LogP contribution in [0.2, 0.25) is 0 Å². The minimum absolute atomic E-state index is 0.0476. The number of anilines is 1. The van der Waals surface area contributed by atoms with E-state index in [0.29, 0.717) is 47.8 Å². The molecule has 2 saturated heterocycles. The highest BCUT2D eigenvalue weighted by molar-refractivity contribution is 9.10. The van der Waals surface area contributed by atoms with E-state index in [-0.39, 0.29) is 18.2 Å². The number of carbonyl (C=O) groups excluding carboxylic acids is 4. The monoisotopic (exact) mass is 556 g/mol. The van der Waals surface area contributed by atoms with Crippen LogP contribution in [0, 0.1) is 6.92 Å². The zero-order valence-corrected chi connectivity index (χ0v) is 21.2. The Morgan fingerprint density at radius 2 is 1.94 bits per heavy atom. The maximum atomic E-state index is 12.7. The van der Waals surface area contributed by atoms with E-state index >= 15 is 0 Å². The number of imide groups is 1. The lowest BCUT2D eigenvalue weighted by atomic mass is 10.2. The number of halogens is 1. The summed E-state index contributed by atoms with van der Waals surface area (Å²) in [5, 5.41) is 5.19. The average Bonchev–Trinajstić information content (AvgIpc) is 3.11. The molecule has 2 N–H and O–H groups in total. The topological polar surface area (TPSA) is 117 Å². The summed E-state index contributed by atoms with van der Waals surface area (Å²) in [6, 6.07) is 11.6. The Kier molecular flexibility index (Phi) is 8.01. The molecule has 0 aromatic heterocycles. The molecular formula is C25H25BrN4O6. The van der Waals surface area contributed by atoms with Crippen molar-refractivity contribution in [3.8, 4) is 5.75 Å². The van der Waals surface area contributed by atoms with Crippen LogP contribution >= 0.6 is 15.9 Å². The minimum atomic E-state index is -0.675. The first kappa shape index (κ1) is 25.4. The lowest BCUT2D eigenvalue weighted by Crippen LogP contribution is -2.43. The van der Waals surface area contributed by atoms with Crippen LogP contribution in [0.1, 0.15) is 11.1 Å². The molecule has 11 heteroatoms. The number of ether oxygens (including phenoxy) is 2. The van der Waals surface area contributed by atoms with Gasteiger partial charge in [-0.05, 0) is 64.3 Å². The second kappa shape index (κ2) is 11.4. The van der Waals surface area contributed by atoms with Crippen LogP contribution in [0.4, 0.5) is 10.5 Å². The van der Waals surface area contributed by atoms with Crippen LogP contribution in [-0.4, -0.2) is 73.0 Å². The van der Waals surface area contributed by atoms with Gasteiger partial charge in [0.05, 0.1) is 17.7 Å². The molecule has 10 nitrogen and oxygen atoms in total. The number of benzene rings is 2. The van der Waals surface area contributed by atoms with Gasteiger partial charge < -0.3 is 25.0 Å². The van der Waals surface area contributed by atoms with Crippen molar-refractivity contribution in [2.75, 3.05) is 44.8 Å². The van der Waals surface area contributed by atoms with Gasteiger partial charge in [0.1, 0.15) is 18.0 Å². The number of hydrogen-bond acceptors (Lipinski definition) is 6. The van der Waals surface area contributed by atoms with Gasteiger partial charge >= 0.3 is 6.03 Å². The number of amides is 5. The second-order valence-corrected chi connectivity index (χ2v) is 9.12. The van der Waals surface area contributed by atoms with Crippen LogP contribution < -0.4 is 15.4 Å². The van der Waals surface area contributed by atoms with Crippen molar-refractivity contribution in [1.29, 1.82) is 0 Å². The van der Waals surface area contributed by atoms with E-state index < -0.39 is 24.4 Å². The fourth-order valence-corrected chi connectivity index (χ4v) is 4.23. The quantitative estimate of drug-likeness (QED) is 0.399. The van der Waals surface area contributed by atoms with Gasteiger partial charge in [0.2, 0.25) is 5.91 Å². The Balaban J connectivity index is 1.36. The van der Waals surface area contributed by atoms with E-state index in [1.807, 2.05) is 13.0 Å². The van der Waals surface area contributed by atoms with Crippen molar-refractivity contribution in [2.24, 2.45) is 0 Å². The van der Waals surface area contributed by atoms with Gasteiger partial charge in [0.15, 0.2) is 6.61 Å². The van der Waals surface area contributed by atoms with Gasteiger partial charge in [-0.3, -0.25) is 14.4 Å². The van der Waals surface area contributed by atoms with Gasteiger partial charge in [0, 0.05) is 18.8 Å². The van der Waals surface area contributed by atoms with Crippen LogP contribution in [0.15, 0.2) is 52.6 Å². The van der Waals surface area contributed by atoms with Crippen molar-refractivity contribution in [3.05, 3.63) is 63.8 Å². The molecule has 0 bridgehead atoms. The van der Waals surface area contributed by atoms with Gasteiger partial charge in [-0.15, -0.1) is 0 Å². The van der Waals surface area contributed by atoms with E-state index in [0.717, 1.165) is 10.5 Å². The van der Waals surface area contributed by atoms with E-state index in [1.54, 1.807) is 41.3 Å². The molecule has 0 aliphatic carbocycles. The molecule has 4 rings (SSSR count). The zero-order valence-electron chi connectivity index (χ0n) is 19.6. The molecule has 36 heavy (non-hydrogen) atoms. The lowest BCUT2D eigenvalue weighted by Gasteiger charge is -2.26. The summed E-state index contributed by atoms with van der Waals surface area (Å²) in [5.74, 6) is -0.745. The number of carbonyl (C=O) groups is 4. The number of rotatable bonds is 7. The van der Waals surface area contributed by atoms with Crippen LogP contribution in [0.3, 0.4) is 0 Å². The van der Waals surface area contributed by atoms with Crippen LogP contribution in [-0.2, 0) is 19.1 Å². The van der Waals surface area contributed by atoms with Crippen molar-refractivity contribution >= 4 is 51.4 Å². The zero-order chi connectivity index (χ0) is 25.7. The van der Waals surface area contributed by atoms with E-state index in [9.17, 15) is 19.2 Å². The summed E-state index contributed by atoms with van der Waals surface area (Å²) in [6.07, 6.45) is 1.51. The van der Waals surface area contributed by atoms with E-state index in [4.69, 9.17) is 9.47 Å². The molecular weight excluding hydrogens is 532 g/mol. The lowest BCUT2D eigenvalue weighted by molar-refractivity contribution is -0.137. The van der Waals surface area contributed by atoms with Crippen molar-refractivity contribution in [2.45, 2.75) is 6.92 Å². The molecule has 0 saturated carbocycles. The van der Waals surface area contributed by atoms with E-state index in [2.05, 4.69) is 26.6 Å². The first-order valence-corrected chi connectivity index (χ1v) is 12.1. The minimum Gasteiger partial charge on any atom is -0.483 e. The molecule has 2 aromatic rings. The Morgan fingerprint density at radius 3 is 2.67 bits per heavy atom. The molecule has 2 heterocycles. The Bertz CT molecular complexity index is 1220. The second-order valence-electron chi connectivity index (χ2n) is 8.27. The van der Waals surface area contributed by atoms with Crippen molar-refractivity contribution < 1.29 is 28.7 Å². The smallest absolute Gasteiger partial charge is 0.329 e. The van der Waals surface area contributed by atoms with Crippen LogP contribution in [0.25, 0.3) is 6.08 Å². The fraction of sp³-hybridized carbons (Fsp3) is 0.280. The Morgan fingerprint density at radius 1 is 1.17 bits per heavy atom. The maximum absolute atomic E-state index is 12.7. The number of morpholine rings is 1. The van der Waals surface area contributed by atoms with Gasteiger partial charge in [-0.25, -0.2) is 9.69 Å². The average molecular weight is 557 g/mol. The molecule has 0 unspecified atom stereocenters. The number of nitrogens with zero attached hydrogens (tertiary/aromatic N) is 2. The van der Waals surface area contributed by atoms with Gasteiger partial charge in [-0.1, -0.05) is 18.2 Å². The summed E-state index contributed by atoms with van der Waals surface area (Å²) in [6.45, 7) is 3.50. The molecule has 2 aliphatic rings. The molecule has 0 spiro atoms. The molecule has 2 fully saturated rings.